The number of carbonyl (C=O) groups is 2. The van der Waals surface area contributed by atoms with Gasteiger partial charge in [-0.25, -0.2) is 9.59 Å². The number of nitrogens with one attached hydrogen (secondary N) is 2. The number of allylic oxidation sites excluding steroid dienone is 1. The molecule has 3 rings (SSSR count). The zero-order valence-electron chi connectivity index (χ0n) is 14.7. The second-order valence-corrected chi connectivity index (χ2v) is 6.77. The third kappa shape index (κ3) is 3.54. The molecule has 2 aliphatic rings. The van der Waals surface area contributed by atoms with E-state index in [1.807, 2.05) is 6.92 Å². The molecule has 0 aromatic heterocycles. The molecular formula is C18H21N3O5. The van der Waals surface area contributed by atoms with Gasteiger partial charge >= 0.3 is 12.0 Å². The highest BCUT2D eigenvalue weighted by Crippen LogP contribution is 2.33. The summed E-state index contributed by atoms with van der Waals surface area (Å²) >= 11 is 0. The lowest BCUT2D eigenvalue weighted by molar-refractivity contribution is -0.384. The minimum atomic E-state index is -0.798. The summed E-state index contributed by atoms with van der Waals surface area (Å²) in [6.07, 6.45) is 2.70. The van der Waals surface area contributed by atoms with Gasteiger partial charge in [-0.1, -0.05) is 19.1 Å². The first kappa shape index (κ1) is 17.9. The Balaban J connectivity index is 1.93. The number of urea groups is 1. The van der Waals surface area contributed by atoms with Crippen molar-refractivity contribution in [3.63, 3.8) is 0 Å². The molecule has 1 aliphatic carbocycles. The number of hydrogen-bond donors (Lipinski definition) is 2. The van der Waals surface area contributed by atoms with E-state index in [4.69, 9.17) is 4.74 Å². The summed E-state index contributed by atoms with van der Waals surface area (Å²) in [5.74, 6) is -0.215. The Labute approximate surface area is 150 Å². The Bertz CT molecular complexity index is 789. The van der Waals surface area contributed by atoms with Gasteiger partial charge in [0.05, 0.1) is 16.5 Å². The normalized spacial score (nSPS) is 25.5. The number of carbonyl (C=O) groups excluding carboxylic acids is 2. The highest BCUT2D eigenvalue weighted by atomic mass is 16.6. The Morgan fingerprint density at radius 3 is 2.77 bits per heavy atom. The van der Waals surface area contributed by atoms with Gasteiger partial charge < -0.3 is 15.4 Å². The highest BCUT2D eigenvalue weighted by Gasteiger charge is 2.35. The van der Waals surface area contributed by atoms with E-state index < -0.39 is 23.0 Å². The zero-order chi connectivity index (χ0) is 18.8. The summed E-state index contributed by atoms with van der Waals surface area (Å²) in [5.41, 5.74) is 1.01. The van der Waals surface area contributed by atoms with Crippen molar-refractivity contribution in [2.75, 3.05) is 0 Å². The fourth-order valence-corrected chi connectivity index (χ4v) is 3.52. The number of non-ortho nitro benzene ring substituents is 1. The molecule has 0 saturated heterocycles. The van der Waals surface area contributed by atoms with Crippen LogP contribution >= 0.6 is 0 Å². The van der Waals surface area contributed by atoms with E-state index in [1.54, 1.807) is 13.0 Å². The van der Waals surface area contributed by atoms with E-state index in [0.717, 1.165) is 19.3 Å². The van der Waals surface area contributed by atoms with Gasteiger partial charge in [0.1, 0.15) is 6.10 Å². The first-order chi connectivity index (χ1) is 12.4. The molecule has 2 N–H and O–H groups in total. The Morgan fingerprint density at radius 1 is 1.35 bits per heavy atom. The summed E-state index contributed by atoms with van der Waals surface area (Å²) in [6, 6.07) is 4.62. The molecule has 1 aromatic rings. The molecule has 0 spiro atoms. The SMILES string of the molecule is CC1=C(C(=O)O[C@H]2CCC[C@@H]2C)[C@H](c2cccc([N+](=O)[O-])c2)NC(=O)N1. The van der Waals surface area contributed by atoms with E-state index in [0.29, 0.717) is 17.2 Å². The fourth-order valence-electron chi connectivity index (χ4n) is 3.52. The van der Waals surface area contributed by atoms with Gasteiger partial charge in [-0.2, -0.15) is 0 Å². The van der Waals surface area contributed by atoms with Crippen LogP contribution < -0.4 is 10.6 Å². The minimum Gasteiger partial charge on any atom is -0.459 e. The monoisotopic (exact) mass is 359 g/mol. The second-order valence-electron chi connectivity index (χ2n) is 6.77. The van der Waals surface area contributed by atoms with Crippen LogP contribution in [0.25, 0.3) is 0 Å². The molecule has 1 aliphatic heterocycles. The van der Waals surface area contributed by atoms with E-state index in [2.05, 4.69) is 10.6 Å². The van der Waals surface area contributed by atoms with Gasteiger partial charge in [-0.15, -0.1) is 0 Å². The quantitative estimate of drug-likeness (QED) is 0.488. The molecule has 0 radical (unpaired) electrons. The van der Waals surface area contributed by atoms with Crippen molar-refractivity contribution in [1.82, 2.24) is 10.6 Å². The second kappa shape index (κ2) is 7.15. The van der Waals surface area contributed by atoms with Crippen molar-refractivity contribution in [2.24, 2.45) is 5.92 Å². The van der Waals surface area contributed by atoms with E-state index in [-0.39, 0.29) is 17.4 Å². The fraction of sp³-hybridized carbons (Fsp3) is 0.444. The Hall–Kier alpha value is -2.90. The molecule has 1 saturated carbocycles. The number of nitrogens with zero attached hydrogens (tertiary/aromatic N) is 1. The topological polar surface area (TPSA) is 111 Å². The largest absolute Gasteiger partial charge is 0.459 e. The van der Waals surface area contributed by atoms with Gasteiger partial charge in [0.2, 0.25) is 0 Å². The van der Waals surface area contributed by atoms with Crippen LogP contribution in [0.3, 0.4) is 0 Å². The van der Waals surface area contributed by atoms with Crippen LogP contribution in [-0.2, 0) is 9.53 Å². The lowest BCUT2D eigenvalue weighted by atomic mass is 9.95. The van der Waals surface area contributed by atoms with Crippen LogP contribution in [0, 0.1) is 16.0 Å². The Morgan fingerprint density at radius 2 is 2.12 bits per heavy atom. The standard InChI is InChI=1S/C18H21N3O5/c1-10-5-3-8-14(10)26-17(22)15-11(2)19-18(23)20-16(15)12-6-4-7-13(9-12)21(24)25/h4,6-7,9-10,14,16H,3,5,8H2,1-2H3,(H2,19,20,23)/t10-,14-,16-/m0/s1. The maximum absolute atomic E-state index is 12.8. The molecule has 1 aromatic carbocycles. The first-order valence-corrected chi connectivity index (χ1v) is 8.60. The average molecular weight is 359 g/mol. The molecule has 2 amide bonds. The van der Waals surface area contributed by atoms with E-state index >= 15 is 0 Å². The number of hydrogen-bond acceptors (Lipinski definition) is 5. The van der Waals surface area contributed by atoms with Crippen molar-refractivity contribution in [3.8, 4) is 0 Å². The Kier molecular flexibility index (Phi) is 4.92. The molecule has 26 heavy (non-hydrogen) atoms. The number of esters is 1. The average Bonchev–Trinajstić information content (AvgIpc) is 2.99. The summed E-state index contributed by atoms with van der Waals surface area (Å²) in [6.45, 7) is 3.67. The molecule has 8 nitrogen and oxygen atoms in total. The predicted molar refractivity (Wildman–Crippen MR) is 93.1 cm³/mol. The summed E-state index contributed by atoms with van der Waals surface area (Å²) in [7, 11) is 0. The number of nitro groups is 1. The van der Waals surface area contributed by atoms with Crippen LogP contribution in [0.2, 0.25) is 0 Å². The lowest BCUT2D eigenvalue weighted by Crippen LogP contribution is -2.45. The summed E-state index contributed by atoms with van der Waals surface area (Å²) in [5, 5.41) is 16.3. The third-order valence-electron chi connectivity index (χ3n) is 4.94. The van der Waals surface area contributed by atoms with Crippen LogP contribution in [0.1, 0.15) is 44.7 Å². The molecule has 1 fully saturated rings. The predicted octanol–water partition coefficient (Wildman–Crippen LogP) is 2.95. The van der Waals surface area contributed by atoms with Crippen molar-refractivity contribution in [3.05, 3.63) is 51.2 Å². The molecule has 1 heterocycles. The van der Waals surface area contributed by atoms with Crippen LogP contribution in [-0.4, -0.2) is 23.0 Å². The van der Waals surface area contributed by atoms with Crippen molar-refractivity contribution in [1.29, 1.82) is 0 Å². The lowest BCUT2D eigenvalue weighted by Gasteiger charge is -2.29. The van der Waals surface area contributed by atoms with Gasteiger partial charge in [-0.05, 0) is 37.7 Å². The van der Waals surface area contributed by atoms with Crippen LogP contribution in [0.15, 0.2) is 35.5 Å². The smallest absolute Gasteiger partial charge is 0.338 e. The van der Waals surface area contributed by atoms with Crippen molar-refractivity contribution < 1.29 is 19.2 Å². The molecular weight excluding hydrogens is 338 g/mol. The van der Waals surface area contributed by atoms with Crippen molar-refractivity contribution >= 4 is 17.7 Å². The summed E-state index contributed by atoms with van der Waals surface area (Å²) in [4.78, 5) is 35.2. The third-order valence-corrected chi connectivity index (χ3v) is 4.94. The first-order valence-electron chi connectivity index (χ1n) is 8.60. The highest BCUT2D eigenvalue weighted by molar-refractivity contribution is 5.95. The molecule has 0 bridgehead atoms. The zero-order valence-corrected chi connectivity index (χ0v) is 14.7. The van der Waals surface area contributed by atoms with Gasteiger partial charge in [0, 0.05) is 17.8 Å². The number of benzene rings is 1. The molecule has 3 atom stereocenters. The van der Waals surface area contributed by atoms with Crippen LogP contribution in [0.4, 0.5) is 10.5 Å². The maximum Gasteiger partial charge on any atom is 0.338 e. The number of rotatable bonds is 4. The molecule has 0 unspecified atom stereocenters. The number of amides is 2. The number of nitro benzene ring substituents is 1. The maximum atomic E-state index is 12.8. The van der Waals surface area contributed by atoms with Crippen molar-refractivity contribution in [2.45, 2.75) is 45.3 Å². The van der Waals surface area contributed by atoms with E-state index in [1.165, 1.54) is 18.2 Å². The van der Waals surface area contributed by atoms with Gasteiger partial charge in [0.25, 0.3) is 5.69 Å². The van der Waals surface area contributed by atoms with Crippen LogP contribution in [0.5, 0.6) is 0 Å². The number of ether oxygens (including phenoxy) is 1. The van der Waals surface area contributed by atoms with Gasteiger partial charge in [-0.3, -0.25) is 10.1 Å². The minimum absolute atomic E-state index is 0.106. The summed E-state index contributed by atoms with van der Waals surface area (Å²) < 4.78 is 5.68. The molecule has 138 valence electrons. The van der Waals surface area contributed by atoms with Gasteiger partial charge in [0.15, 0.2) is 0 Å². The molecule has 8 heteroatoms. The van der Waals surface area contributed by atoms with E-state index in [9.17, 15) is 19.7 Å².